The Bertz CT molecular complexity index is 480. The molecule has 0 spiro atoms. The second-order valence-corrected chi connectivity index (χ2v) is 5.61. The maximum atomic E-state index is 11.7. The normalized spacial score (nSPS) is 23.2. The number of aromatic nitrogens is 1. The quantitative estimate of drug-likeness (QED) is 0.836. The summed E-state index contributed by atoms with van der Waals surface area (Å²) >= 11 is 1.10. The van der Waals surface area contributed by atoms with Gasteiger partial charge in [0.25, 0.3) is 0 Å². The van der Waals surface area contributed by atoms with Crippen LogP contribution in [-0.4, -0.2) is 28.2 Å². The first-order valence-electron chi connectivity index (χ1n) is 6.17. The molecule has 100 valence electrons. The molecule has 0 radical (unpaired) electrons. The highest BCUT2D eigenvalue weighted by Gasteiger charge is 2.25. The Labute approximate surface area is 109 Å². The van der Waals surface area contributed by atoms with Crippen molar-refractivity contribution in [2.75, 3.05) is 6.54 Å². The molecule has 2 unspecified atom stereocenters. The number of rotatable bonds is 4. The molecule has 1 amide bonds. The van der Waals surface area contributed by atoms with Gasteiger partial charge >= 0.3 is 4.87 Å². The monoisotopic (exact) mass is 270 g/mol. The zero-order valence-electron chi connectivity index (χ0n) is 10.4. The van der Waals surface area contributed by atoms with Crippen molar-refractivity contribution >= 4 is 17.2 Å². The Morgan fingerprint density at radius 2 is 2.39 bits per heavy atom. The van der Waals surface area contributed by atoms with Crippen LogP contribution in [0.5, 0.6) is 0 Å². The van der Waals surface area contributed by atoms with Gasteiger partial charge in [-0.1, -0.05) is 17.8 Å². The Kier molecular flexibility index (Phi) is 4.19. The summed E-state index contributed by atoms with van der Waals surface area (Å²) in [5.74, 6) is -0.00746. The fourth-order valence-electron chi connectivity index (χ4n) is 2.30. The van der Waals surface area contributed by atoms with Gasteiger partial charge in [-0.2, -0.15) is 0 Å². The minimum absolute atomic E-state index is 0.0665. The lowest BCUT2D eigenvalue weighted by Gasteiger charge is -2.15. The minimum Gasteiger partial charge on any atom is -0.393 e. The first-order chi connectivity index (χ1) is 8.58. The van der Waals surface area contributed by atoms with Crippen LogP contribution in [0.2, 0.25) is 0 Å². The molecular weight excluding hydrogens is 252 g/mol. The highest BCUT2D eigenvalue weighted by molar-refractivity contribution is 7.07. The molecule has 2 atom stereocenters. The van der Waals surface area contributed by atoms with E-state index in [0.717, 1.165) is 36.3 Å². The fourth-order valence-corrected chi connectivity index (χ4v) is 3.03. The Balaban J connectivity index is 1.84. The molecule has 0 aliphatic heterocycles. The van der Waals surface area contributed by atoms with Gasteiger partial charge in [-0.3, -0.25) is 14.2 Å². The average molecular weight is 270 g/mol. The van der Waals surface area contributed by atoms with Crippen molar-refractivity contribution in [2.45, 2.75) is 38.8 Å². The smallest absolute Gasteiger partial charge is 0.307 e. The molecule has 0 aromatic carbocycles. The van der Waals surface area contributed by atoms with Gasteiger partial charge in [0.15, 0.2) is 0 Å². The molecule has 1 aliphatic carbocycles. The molecule has 1 aromatic rings. The zero-order valence-corrected chi connectivity index (χ0v) is 11.2. The number of aryl methyl sites for hydroxylation is 1. The molecule has 1 aromatic heterocycles. The SMILES string of the molecule is Cc1csc(=O)n1CC(=O)NCC1CCCC1O. The van der Waals surface area contributed by atoms with Gasteiger partial charge in [-0.05, 0) is 19.8 Å². The van der Waals surface area contributed by atoms with Crippen LogP contribution < -0.4 is 10.2 Å². The third-order valence-corrected chi connectivity index (χ3v) is 4.34. The van der Waals surface area contributed by atoms with Crippen LogP contribution in [0, 0.1) is 12.8 Å². The minimum atomic E-state index is -0.295. The molecule has 18 heavy (non-hydrogen) atoms. The third-order valence-electron chi connectivity index (χ3n) is 3.46. The van der Waals surface area contributed by atoms with Crippen LogP contribution in [0.3, 0.4) is 0 Å². The molecule has 5 nitrogen and oxygen atoms in total. The highest BCUT2D eigenvalue weighted by atomic mass is 32.1. The summed E-state index contributed by atoms with van der Waals surface area (Å²) in [5.41, 5.74) is 0.807. The summed E-state index contributed by atoms with van der Waals surface area (Å²) in [6.45, 7) is 2.38. The number of hydrogen-bond donors (Lipinski definition) is 2. The van der Waals surface area contributed by atoms with Crippen LogP contribution in [0.25, 0.3) is 0 Å². The molecule has 6 heteroatoms. The van der Waals surface area contributed by atoms with Crippen LogP contribution in [0.15, 0.2) is 10.2 Å². The van der Waals surface area contributed by atoms with Crippen molar-refractivity contribution in [1.82, 2.24) is 9.88 Å². The number of amides is 1. The Morgan fingerprint density at radius 3 is 2.94 bits per heavy atom. The lowest BCUT2D eigenvalue weighted by atomic mass is 10.1. The number of carbonyl (C=O) groups excluding carboxylic acids is 1. The van der Waals surface area contributed by atoms with E-state index < -0.39 is 0 Å². The maximum Gasteiger partial charge on any atom is 0.307 e. The van der Waals surface area contributed by atoms with E-state index in [1.54, 1.807) is 5.38 Å². The van der Waals surface area contributed by atoms with E-state index in [2.05, 4.69) is 5.32 Å². The predicted octanol–water partition coefficient (Wildman–Crippen LogP) is 0.495. The Hall–Kier alpha value is -1.14. The highest BCUT2D eigenvalue weighted by Crippen LogP contribution is 2.24. The van der Waals surface area contributed by atoms with Crippen LogP contribution in [-0.2, 0) is 11.3 Å². The summed E-state index contributed by atoms with van der Waals surface area (Å²) in [7, 11) is 0. The lowest BCUT2D eigenvalue weighted by Crippen LogP contribution is -2.36. The van der Waals surface area contributed by atoms with E-state index in [0.29, 0.717) is 6.54 Å². The summed E-state index contributed by atoms with van der Waals surface area (Å²) < 4.78 is 1.46. The summed E-state index contributed by atoms with van der Waals surface area (Å²) in [5, 5.41) is 14.2. The van der Waals surface area contributed by atoms with Crippen LogP contribution in [0.1, 0.15) is 25.0 Å². The van der Waals surface area contributed by atoms with Gasteiger partial charge < -0.3 is 10.4 Å². The molecule has 0 saturated heterocycles. The van der Waals surface area contributed by atoms with E-state index >= 15 is 0 Å². The van der Waals surface area contributed by atoms with Gasteiger partial charge in [0.05, 0.1) is 6.10 Å². The van der Waals surface area contributed by atoms with Gasteiger partial charge in [0.1, 0.15) is 6.54 Å². The maximum absolute atomic E-state index is 11.7. The number of thiazole rings is 1. The van der Waals surface area contributed by atoms with Crippen molar-refractivity contribution < 1.29 is 9.90 Å². The Morgan fingerprint density at radius 1 is 1.61 bits per heavy atom. The molecule has 0 bridgehead atoms. The number of aliphatic hydroxyl groups excluding tert-OH is 1. The van der Waals surface area contributed by atoms with E-state index in [-0.39, 0.29) is 29.3 Å². The molecular formula is C12H18N2O3S. The first kappa shape index (κ1) is 13.3. The predicted molar refractivity (Wildman–Crippen MR) is 69.7 cm³/mol. The fraction of sp³-hybridized carbons (Fsp3) is 0.667. The van der Waals surface area contributed by atoms with Gasteiger partial charge in [0.2, 0.25) is 5.91 Å². The van der Waals surface area contributed by atoms with Gasteiger partial charge in [0, 0.05) is 23.5 Å². The molecule has 1 heterocycles. The number of carbonyl (C=O) groups is 1. The second kappa shape index (κ2) is 5.67. The van der Waals surface area contributed by atoms with E-state index in [1.807, 2.05) is 6.92 Å². The van der Waals surface area contributed by atoms with Crippen molar-refractivity contribution in [1.29, 1.82) is 0 Å². The largest absolute Gasteiger partial charge is 0.393 e. The van der Waals surface area contributed by atoms with E-state index in [4.69, 9.17) is 0 Å². The van der Waals surface area contributed by atoms with Crippen molar-refractivity contribution in [3.63, 3.8) is 0 Å². The van der Waals surface area contributed by atoms with Crippen LogP contribution >= 0.6 is 11.3 Å². The molecule has 1 aliphatic rings. The van der Waals surface area contributed by atoms with Gasteiger partial charge in [-0.25, -0.2) is 0 Å². The summed E-state index contributed by atoms with van der Waals surface area (Å²) in [6, 6.07) is 0. The lowest BCUT2D eigenvalue weighted by molar-refractivity contribution is -0.122. The van der Waals surface area contributed by atoms with E-state index in [9.17, 15) is 14.7 Å². The number of nitrogens with one attached hydrogen (secondary N) is 1. The second-order valence-electron chi connectivity index (χ2n) is 4.79. The molecule has 1 saturated carbocycles. The molecule has 1 fully saturated rings. The molecule has 2 N–H and O–H groups in total. The number of nitrogens with zero attached hydrogens (tertiary/aromatic N) is 1. The first-order valence-corrected chi connectivity index (χ1v) is 7.05. The standard InChI is InChI=1S/C12H18N2O3S/c1-8-7-18-12(17)14(8)6-11(16)13-5-9-3-2-4-10(9)15/h7,9-10,15H,2-6H2,1H3,(H,13,16). The zero-order chi connectivity index (χ0) is 13.1. The van der Waals surface area contributed by atoms with Crippen molar-refractivity contribution in [2.24, 2.45) is 5.92 Å². The third kappa shape index (κ3) is 3.00. The number of hydrogen-bond acceptors (Lipinski definition) is 4. The van der Waals surface area contributed by atoms with Crippen molar-refractivity contribution in [3.05, 3.63) is 20.7 Å². The number of aliphatic hydroxyl groups is 1. The average Bonchev–Trinajstić information content (AvgIpc) is 2.87. The van der Waals surface area contributed by atoms with Crippen LogP contribution in [0.4, 0.5) is 0 Å². The topological polar surface area (TPSA) is 71.3 Å². The van der Waals surface area contributed by atoms with E-state index in [1.165, 1.54) is 4.57 Å². The van der Waals surface area contributed by atoms with Gasteiger partial charge in [-0.15, -0.1) is 0 Å². The summed E-state index contributed by atoms with van der Waals surface area (Å²) in [4.78, 5) is 23.1. The van der Waals surface area contributed by atoms with Crippen molar-refractivity contribution in [3.8, 4) is 0 Å². The molecule has 2 rings (SSSR count). The summed E-state index contributed by atoms with van der Waals surface area (Å²) in [6.07, 6.45) is 2.50.